The molecule has 0 N–H and O–H groups in total. The number of hydrogen-bond acceptors (Lipinski definition) is 4. The summed E-state index contributed by atoms with van der Waals surface area (Å²) in [6.45, 7) is 7.54. The summed E-state index contributed by atoms with van der Waals surface area (Å²) in [6.07, 6.45) is 1.77. The van der Waals surface area contributed by atoms with Gasteiger partial charge in [-0.05, 0) is 42.5 Å². The number of carbonyl (C=O) groups excluding carboxylic acids is 1. The standard InChI is InChI=1S/C26H26Cl2N4O/c1-25(2)17-8-9-26(25,23-22(17)29-20-14-18(27)19(28)15-21(20)30-23)24(33)32-12-10-31(11-13-32)16-6-4-3-5-7-16/h3-7,14-15,17H,8-13H2,1-2H3. The molecule has 5 nitrogen and oxygen atoms in total. The van der Waals surface area contributed by atoms with Crippen molar-refractivity contribution >= 4 is 45.8 Å². The third kappa shape index (κ3) is 2.88. The zero-order chi connectivity index (χ0) is 23.0. The first-order valence-electron chi connectivity index (χ1n) is 11.6. The maximum atomic E-state index is 14.3. The molecule has 1 saturated carbocycles. The number of amides is 1. The largest absolute Gasteiger partial charge is 0.368 e. The van der Waals surface area contributed by atoms with E-state index < -0.39 is 5.41 Å². The second-order valence-corrected chi connectivity index (χ2v) is 10.9. The van der Waals surface area contributed by atoms with Crippen LogP contribution in [0, 0.1) is 5.41 Å². The number of para-hydroxylation sites is 1. The molecule has 2 fully saturated rings. The Labute approximate surface area is 203 Å². The van der Waals surface area contributed by atoms with E-state index in [1.165, 1.54) is 5.69 Å². The first-order chi connectivity index (χ1) is 15.8. The molecule has 6 rings (SSSR count). The Morgan fingerprint density at radius 2 is 1.61 bits per heavy atom. The molecule has 2 unspecified atom stereocenters. The number of rotatable bonds is 2. The summed E-state index contributed by atoms with van der Waals surface area (Å²) >= 11 is 12.5. The minimum atomic E-state index is -0.644. The lowest BCUT2D eigenvalue weighted by Gasteiger charge is -2.43. The molecule has 1 aromatic heterocycles. The molecule has 3 aromatic rings. The van der Waals surface area contributed by atoms with Crippen molar-refractivity contribution in [3.05, 3.63) is 63.9 Å². The van der Waals surface area contributed by atoms with Gasteiger partial charge in [-0.1, -0.05) is 55.2 Å². The van der Waals surface area contributed by atoms with E-state index in [2.05, 4.69) is 47.9 Å². The van der Waals surface area contributed by atoms with Gasteiger partial charge >= 0.3 is 0 Å². The molecule has 2 atom stereocenters. The first-order valence-corrected chi connectivity index (χ1v) is 12.3. The number of anilines is 1. The number of halogens is 2. The number of carbonyl (C=O) groups is 1. The fourth-order valence-corrected chi connectivity index (χ4v) is 6.74. The molecule has 1 saturated heterocycles. The van der Waals surface area contributed by atoms with Crippen molar-refractivity contribution in [2.45, 2.75) is 38.0 Å². The smallest absolute Gasteiger partial charge is 0.235 e. The normalized spacial score (nSPS) is 25.5. The van der Waals surface area contributed by atoms with Crippen LogP contribution < -0.4 is 4.90 Å². The Morgan fingerprint density at radius 1 is 0.970 bits per heavy atom. The number of piperazine rings is 1. The second-order valence-electron chi connectivity index (χ2n) is 10.0. The monoisotopic (exact) mass is 480 g/mol. The third-order valence-corrected chi connectivity index (χ3v) is 9.02. The molecule has 2 bridgehead atoms. The van der Waals surface area contributed by atoms with Crippen LogP contribution >= 0.6 is 23.2 Å². The van der Waals surface area contributed by atoms with Crippen LogP contribution in [0.5, 0.6) is 0 Å². The van der Waals surface area contributed by atoms with Crippen LogP contribution in [0.15, 0.2) is 42.5 Å². The number of nitrogens with zero attached hydrogens (tertiary/aromatic N) is 4. The zero-order valence-corrected chi connectivity index (χ0v) is 20.3. The van der Waals surface area contributed by atoms with Gasteiger partial charge in [0.1, 0.15) is 0 Å². The average molecular weight is 481 g/mol. The highest BCUT2D eigenvalue weighted by molar-refractivity contribution is 6.42. The molecule has 2 aromatic carbocycles. The quantitative estimate of drug-likeness (QED) is 0.489. The van der Waals surface area contributed by atoms with Gasteiger partial charge in [-0.15, -0.1) is 0 Å². The van der Waals surface area contributed by atoms with Gasteiger partial charge in [0.25, 0.3) is 0 Å². The fourth-order valence-electron chi connectivity index (χ4n) is 6.43. The molecule has 2 aliphatic carbocycles. The van der Waals surface area contributed by atoms with Crippen LogP contribution in [0.4, 0.5) is 5.69 Å². The highest BCUT2D eigenvalue weighted by Crippen LogP contribution is 2.67. The van der Waals surface area contributed by atoms with E-state index in [9.17, 15) is 4.79 Å². The SMILES string of the molecule is CC1(C)C2CCC1(C(=O)N1CCN(c3ccccc3)CC1)c1nc3cc(Cl)c(Cl)cc3nc12. The van der Waals surface area contributed by atoms with Crippen LogP contribution in [-0.2, 0) is 10.2 Å². The summed E-state index contributed by atoms with van der Waals surface area (Å²) in [6, 6.07) is 14.0. The number of hydrogen-bond donors (Lipinski definition) is 0. The van der Waals surface area contributed by atoms with Crippen molar-refractivity contribution < 1.29 is 4.79 Å². The van der Waals surface area contributed by atoms with Gasteiger partial charge < -0.3 is 9.80 Å². The Balaban J connectivity index is 1.37. The van der Waals surface area contributed by atoms with Crippen molar-refractivity contribution in [2.24, 2.45) is 5.41 Å². The summed E-state index contributed by atoms with van der Waals surface area (Å²) in [7, 11) is 0. The molecule has 0 spiro atoms. The predicted molar refractivity (Wildman–Crippen MR) is 132 cm³/mol. The predicted octanol–water partition coefficient (Wildman–Crippen LogP) is 5.44. The molecule has 1 amide bonds. The van der Waals surface area contributed by atoms with Crippen LogP contribution in [-0.4, -0.2) is 47.0 Å². The molecular formula is C26H26Cl2N4O. The Bertz CT molecular complexity index is 1270. The van der Waals surface area contributed by atoms with E-state index in [1.807, 2.05) is 6.07 Å². The van der Waals surface area contributed by atoms with Gasteiger partial charge in [0, 0.05) is 37.8 Å². The van der Waals surface area contributed by atoms with Crippen molar-refractivity contribution in [1.82, 2.24) is 14.9 Å². The maximum Gasteiger partial charge on any atom is 0.235 e. The van der Waals surface area contributed by atoms with E-state index in [0.717, 1.165) is 42.8 Å². The topological polar surface area (TPSA) is 49.3 Å². The molecule has 33 heavy (non-hydrogen) atoms. The van der Waals surface area contributed by atoms with E-state index in [1.54, 1.807) is 12.1 Å². The summed E-state index contributed by atoms with van der Waals surface area (Å²) < 4.78 is 0. The lowest BCUT2D eigenvalue weighted by Crippen LogP contribution is -2.57. The minimum Gasteiger partial charge on any atom is -0.368 e. The zero-order valence-electron chi connectivity index (χ0n) is 18.8. The van der Waals surface area contributed by atoms with Crippen molar-refractivity contribution in [2.75, 3.05) is 31.1 Å². The molecular weight excluding hydrogens is 455 g/mol. The summed E-state index contributed by atoms with van der Waals surface area (Å²) in [4.78, 5) is 28.7. The Morgan fingerprint density at radius 3 is 2.27 bits per heavy atom. The van der Waals surface area contributed by atoms with E-state index in [-0.39, 0.29) is 17.2 Å². The number of aromatic nitrogens is 2. The third-order valence-electron chi connectivity index (χ3n) is 8.30. The molecule has 0 radical (unpaired) electrons. The lowest BCUT2D eigenvalue weighted by atomic mass is 9.67. The molecule has 7 heteroatoms. The number of fused-ring (bicyclic) bond motifs is 6. The van der Waals surface area contributed by atoms with E-state index >= 15 is 0 Å². The lowest BCUT2D eigenvalue weighted by molar-refractivity contribution is -0.141. The highest BCUT2D eigenvalue weighted by atomic mass is 35.5. The molecule has 3 aliphatic rings. The van der Waals surface area contributed by atoms with Crippen molar-refractivity contribution in [3.8, 4) is 0 Å². The van der Waals surface area contributed by atoms with Crippen LogP contribution in [0.1, 0.15) is 44.0 Å². The van der Waals surface area contributed by atoms with E-state index in [4.69, 9.17) is 33.2 Å². The number of benzene rings is 2. The Kier molecular flexibility index (Phi) is 4.69. The summed E-state index contributed by atoms with van der Waals surface area (Å²) in [5.41, 5.74) is 3.59. The Hall–Kier alpha value is -2.37. The molecule has 2 heterocycles. The van der Waals surface area contributed by atoms with Gasteiger partial charge in [-0.25, -0.2) is 9.97 Å². The fraction of sp³-hybridized carbons (Fsp3) is 0.423. The van der Waals surface area contributed by atoms with Gasteiger partial charge in [0.15, 0.2) is 0 Å². The van der Waals surface area contributed by atoms with Crippen LogP contribution in [0.3, 0.4) is 0 Å². The van der Waals surface area contributed by atoms with Crippen LogP contribution in [0.2, 0.25) is 10.0 Å². The second kappa shape index (κ2) is 7.31. The summed E-state index contributed by atoms with van der Waals surface area (Å²) in [5.74, 6) is 0.420. The van der Waals surface area contributed by atoms with Crippen molar-refractivity contribution in [3.63, 3.8) is 0 Å². The van der Waals surface area contributed by atoms with Gasteiger partial charge in [-0.3, -0.25) is 4.79 Å². The molecule has 1 aliphatic heterocycles. The van der Waals surface area contributed by atoms with Gasteiger partial charge in [-0.2, -0.15) is 0 Å². The van der Waals surface area contributed by atoms with Gasteiger partial charge in [0.05, 0.1) is 37.9 Å². The van der Waals surface area contributed by atoms with Crippen molar-refractivity contribution in [1.29, 1.82) is 0 Å². The van der Waals surface area contributed by atoms with Crippen LogP contribution in [0.25, 0.3) is 11.0 Å². The molecule has 170 valence electrons. The maximum absolute atomic E-state index is 14.3. The average Bonchev–Trinajstić information content (AvgIpc) is 3.20. The van der Waals surface area contributed by atoms with Gasteiger partial charge in [0.2, 0.25) is 5.91 Å². The van der Waals surface area contributed by atoms with E-state index in [0.29, 0.717) is 28.7 Å². The summed E-state index contributed by atoms with van der Waals surface area (Å²) in [5, 5.41) is 0.932. The first kappa shape index (κ1) is 21.2. The highest BCUT2D eigenvalue weighted by Gasteiger charge is 2.68. The minimum absolute atomic E-state index is 0.204.